The Morgan fingerprint density at radius 3 is 2.04 bits per heavy atom. The Morgan fingerprint density at radius 1 is 1.09 bits per heavy atom. The van der Waals surface area contributed by atoms with E-state index in [9.17, 15) is 14.4 Å². The van der Waals surface area contributed by atoms with Crippen molar-refractivity contribution in [1.29, 1.82) is 0 Å². The summed E-state index contributed by atoms with van der Waals surface area (Å²) in [6.45, 7) is 11.3. The van der Waals surface area contributed by atoms with Crippen LogP contribution in [0.3, 0.4) is 0 Å². The minimum Gasteiger partial charge on any atom is -0.334 e. The molecule has 0 aliphatic heterocycles. The van der Waals surface area contributed by atoms with Crippen molar-refractivity contribution in [3.63, 3.8) is 0 Å². The van der Waals surface area contributed by atoms with E-state index < -0.39 is 0 Å². The zero-order valence-electron chi connectivity index (χ0n) is 15.0. The number of anilines is 1. The van der Waals surface area contributed by atoms with Crippen molar-refractivity contribution in [3.05, 3.63) is 28.2 Å². The zero-order chi connectivity index (χ0) is 17.9. The Hall–Kier alpha value is -2.11. The van der Waals surface area contributed by atoms with E-state index in [4.69, 9.17) is 0 Å². The molecule has 0 aliphatic rings. The van der Waals surface area contributed by atoms with Crippen molar-refractivity contribution in [2.75, 3.05) is 5.32 Å². The van der Waals surface area contributed by atoms with Gasteiger partial charge in [-0.1, -0.05) is 13.8 Å². The van der Waals surface area contributed by atoms with E-state index in [0.29, 0.717) is 5.56 Å². The highest BCUT2D eigenvalue weighted by Crippen LogP contribution is 2.14. The predicted octanol–water partition coefficient (Wildman–Crippen LogP) is 2.24. The molecule has 0 radical (unpaired) electrons. The molecule has 1 aromatic heterocycles. The maximum atomic E-state index is 12.8. The smallest absolute Gasteiger partial charge is 0.274 e. The van der Waals surface area contributed by atoms with Gasteiger partial charge in [-0.3, -0.25) is 14.4 Å². The third-order valence-electron chi connectivity index (χ3n) is 3.56. The van der Waals surface area contributed by atoms with Gasteiger partial charge in [0.25, 0.3) is 11.5 Å². The lowest BCUT2D eigenvalue weighted by molar-refractivity contribution is -0.118. The normalized spacial score (nSPS) is 11.2. The van der Waals surface area contributed by atoms with Crippen LogP contribution in [-0.4, -0.2) is 33.4 Å². The lowest BCUT2D eigenvalue weighted by Crippen LogP contribution is -2.42. The number of carbonyl (C=O) groups is 2. The fourth-order valence-electron chi connectivity index (χ4n) is 2.41. The molecule has 1 N–H and O–H groups in total. The second-order valence-corrected chi connectivity index (χ2v) is 6.60. The van der Waals surface area contributed by atoms with E-state index in [1.165, 1.54) is 16.8 Å². The standard InChI is InChI=1S/C17H27N3O3/c1-10(2)15(21)18-14-8-13(9-19(7)17(14)23)16(22)20(11(3)4)12(5)6/h8-12H,1-7H3,(H,18,21). The van der Waals surface area contributed by atoms with Crippen LogP contribution in [0.5, 0.6) is 0 Å². The van der Waals surface area contributed by atoms with Crippen LogP contribution in [0.4, 0.5) is 5.69 Å². The number of rotatable bonds is 5. The molecule has 1 rings (SSSR count). The van der Waals surface area contributed by atoms with Crippen LogP contribution in [0.25, 0.3) is 0 Å². The quantitative estimate of drug-likeness (QED) is 0.904. The molecule has 1 heterocycles. The van der Waals surface area contributed by atoms with E-state index in [1.54, 1.807) is 25.8 Å². The van der Waals surface area contributed by atoms with Gasteiger partial charge in [-0.05, 0) is 33.8 Å². The van der Waals surface area contributed by atoms with E-state index in [1.807, 2.05) is 27.7 Å². The average molecular weight is 321 g/mol. The van der Waals surface area contributed by atoms with Crippen molar-refractivity contribution >= 4 is 17.5 Å². The molecule has 2 amide bonds. The third kappa shape index (κ3) is 4.43. The first-order valence-corrected chi connectivity index (χ1v) is 7.90. The van der Waals surface area contributed by atoms with Gasteiger partial charge in [0.05, 0.1) is 5.56 Å². The minimum atomic E-state index is -0.337. The maximum absolute atomic E-state index is 12.8. The van der Waals surface area contributed by atoms with Crippen LogP contribution in [0.1, 0.15) is 51.9 Å². The fraction of sp³-hybridized carbons (Fsp3) is 0.588. The van der Waals surface area contributed by atoms with Crippen LogP contribution in [0, 0.1) is 5.92 Å². The number of amides is 2. The van der Waals surface area contributed by atoms with E-state index in [0.717, 1.165) is 0 Å². The van der Waals surface area contributed by atoms with Gasteiger partial charge in [-0.25, -0.2) is 0 Å². The van der Waals surface area contributed by atoms with Gasteiger partial charge in [-0.2, -0.15) is 0 Å². The van der Waals surface area contributed by atoms with Gasteiger partial charge in [0.15, 0.2) is 0 Å². The molecule has 128 valence electrons. The summed E-state index contributed by atoms with van der Waals surface area (Å²) in [4.78, 5) is 38.5. The first-order valence-electron chi connectivity index (χ1n) is 7.90. The lowest BCUT2D eigenvalue weighted by atomic mass is 10.1. The molecule has 0 saturated heterocycles. The van der Waals surface area contributed by atoms with Gasteiger partial charge in [0, 0.05) is 31.2 Å². The van der Waals surface area contributed by atoms with Gasteiger partial charge in [-0.15, -0.1) is 0 Å². The van der Waals surface area contributed by atoms with Crippen molar-refractivity contribution in [2.45, 2.75) is 53.6 Å². The number of aromatic nitrogens is 1. The molecule has 0 atom stereocenters. The molecule has 0 fully saturated rings. The first kappa shape index (κ1) is 18.9. The summed E-state index contributed by atoms with van der Waals surface area (Å²) in [7, 11) is 1.57. The van der Waals surface area contributed by atoms with Crippen LogP contribution in [-0.2, 0) is 11.8 Å². The summed E-state index contributed by atoms with van der Waals surface area (Å²) >= 11 is 0. The van der Waals surface area contributed by atoms with Crippen molar-refractivity contribution < 1.29 is 9.59 Å². The first-order chi connectivity index (χ1) is 10.6. The highest BCUT2D eigenvalue weighted by molar-refractivity contribution is 5.97. The van der Waals surface area contributed by atoms with E-state index in [2.05, 4.69) is 5.32 Å². The average Bonchev–Trinajstić information content (AvgIpc) is 2.42. The van der Waals surface area contributed by atoms with Gasteiger partial charge < -0.3 is 14.8 Å². The highest BCUT2D eigenvalue weighted by atomic mass is 16.2. The number of nitrogens with zero attached hydrogens (tertiary/aromatic N) is 2. The molecular formula is C17H27N3O3. The molecule has 0 saturated carbocycles. The van der Waals surface area contributed by atoms with Crippen LogP contribution < -0.4 is 10.9 Å². The van der Waals surface area contributed by atoms with Gasteiger partial charge in [0.1, 0.15) is 5.69 Å². The van der Waals surface area contributed by atoms with Gasteiger partial charge in [0.2, 0.25) is 5.91 Å². The molecule has 0 aromatic carbocycles. The topological polar surface area (TPSA) is 71.4 Å². The number of hydrogen-bond acceptors (Lipinski definition) is 3. The summed E-state index contributed by atoms with van der Waals surface area (Å²) in [5.41, 5.74) is 0.175. The molecule has 0 aliphatic carbocycles. The number of nitrogens with one attached hydrogen (secondary N) is 1. The Morgan fingerprint density at radius 2 is 1.61 bits per heavy atom. The minimum absolute atomic E-state index is 0.0356. The highest BCUT2D eigenvalue weighted by Gasteiger charge is 2.23. The Labute approximate surface area is 137 Å². The molecule has 23 heavy (non-hydrogen) atoms. The Bertz CT molecular complexity index is 637. The lowest BCUT2D eigenvalue weighted by Gasteiger charge is -2.31. The maximum Gasteiger partial charge on any atom is 0.274 e. The van der Waals surface area contributed by atoms with Crippen molar-refractivity contribution in [2.24, 2.45) is 13.0 Å². The SMILES string of the molecule is CC(C)C(=O)Nc1cc(C(=O)N(C(C)C)C(C)C)cn(C)c1=O. The summed E-state index contributed by atoms with van der Waals surface area (Å²) < 4.78 is 1.32. The number of hydrogen-bond donors (Lipinski definition) is 1. The fourth-order valence-corrected chi connectivity index (χ4v) is 2.41. The Kier molecular flexibility index (Phi) is 6.12. The van der Waals surface area contributed by atoms with Crippen LogP contribution in [0.2, 0.25) is 0 Å². The molecule has 6 heteroatoms. The summed E-state index contributed by atoms with van der Waals surface area (Å²) in [5, 5.41) is 2.60. The van der Waals surface area contributed by atoms with Gasteiger partial charge >= 0.3 is 0 Å². The second-order valence-electron chi connectivity index (χ2n) is 6.60. The molecule has 0 spiro atoms. The van der Waals surface area contributed by atoms with Crippen molar-refractivity contribution in [1.82, 2.24) is 9.47 Å². The third-order valence-corrected chi connectivity index (χ3v) is 3.56. The van der Waals surface area contributed by atoms with E-state index in [-0.39, 0.29) is 41.1 Å². The monoisotopic (exact) mass is 321 g/mol. The van der Waals surface area contributed by atoms with Crippen LogP contribution >= 0.6 is 0 Å². The summed E-state index contributed by atoms with van der Waals surface area (Å²) in [6.07, 6.45) is 1.51. The number of pyridine rings is 1. The van der Waals surface area contributed by atoms with E-state index >= 15 is 0 Å². The Balaban J connectivity index is 3.28. The molecule has 1 aromatic rings. The molecule has 0 unspecified atom stereocenters. The number of aryl methyl sites for hydroxylation is 1. The zero-order valence-corrected chi connectivity index (χ0v) is 15.0. The molecule has 6 nitrogen and oxygen atoms in total. The molecular weight excluding hydrogens is 294 g/mol. The number of carbonyl (C=O) groups excluding carboxylic acids is 2. The van der Waals surface area contributed by atoms with Crippen LogP contribution in [0.15, 0.2) is 17.1 Å². The predicted molar refractivity (Wildman–Crippen MR) is 91.6 cm³/mol. The molecule has 0 bridgehead atoms. The summed E-state index contributed by atoms with van der Waals surface area (Å²) in [5.74, 6) is -0.663. The summed E-state index contributed by atoms with van der Waals surface area (Å²) in [6, 6.07) is 1.53. The second kappa shape index (κ2) is 7.44. The largest absolute Gasteiger partial charge is 0.334 e. The van der Waals surface area contributed by atoms with Crippen molar-refractivity contribution in [3.8, 4) is 0 Å².